The van der Waals surface area contributed by atoms with Crippen LogP contribution >= 0.6 is 12.2 Å². The first kappa shape index (κ1) is 25.6. The molecule has 0 bridgehead atoms. The maximum Gasteiger partial charge on any atom is 0.178 e. The number of carbonyl (C=O) groups is 1. The molecule has 1 aromatic carbocycles. The number of benzene rings is 1. The molecule has 0 heterocycles. The molecule has 4 aliphatic carbocycles. The minimum absolute atomic E-state index is 0.0177. The number of methoxy groups -OCH3 is 2. The highest BCUT2D eigenvalue weighted by Gasteiger charge is 2.63. The van der Waals surface area contributed by atoms with Crippen molar-refractivity contribution in [2.24, 2.45) is 23.0 Å². The molecule has 1 aromatic rings. The number of ketones is 1. The average molecular weight is 510 g/mol. The molecule has 5 rings (SSSR count). The average Bonchev–Trinajstić information content (AvgIpc) is 3.15. The molecule has 5 atom stereocenters. The van der Waals surface area contributed by atoms with Crippen LogP contribution < -0.4 is 16.6 Å². The number of nitrogens with one attached hydrogen (secondary N) is 2. The molecule has 0 aliphatic heterocycles. The van der Waals surface area contributed by atoms with Crippen LogP contribution in [0.3, 0.4) is 0 Å². The Bertz CT molecular complexity index is 1100. The van der Waals surface area contributed by atoms with E-state index >= 15 is 0 Å². The first-order valence-corrected chi connectivity index (χ1v) is 13.6. The van der Waals surface area contributed by atoms with Gasteiger partial charge >= 0.3 is 0 Å². The highest BCUT2D eigenvalue weighted by molar-refractivity contribution is 7.80. The van der Waals surface area contributed by atoms with Crippen LogP contribution in [0.25, 0.3) is 0 Å². The van der Waals surface area contributed by atoms with Crippen molar-refractivity contribution >= 4 is 23.1 Å². The fourth-order valence-corrected chi connectivity index (χ4v) is 8.07. The number of rotatable bonds is 7. The summed E-state index contributed by atoms with van der Waals surface area (Å²) in [4.78, 5) is 12.3. The van der Waals surface area contributed by atoms with Gasteiger partial charge in [0.2, 0.25) is 0 Å². The van der Waals surface area contributed by atoms with Crippen LogP contribution in [0.5, 0.6) is 0 Å². The van der Waals surface area contributed by atoms with E-state index in [1.165, 1.54) is 23.1 Å². The minimum Gasteiger partial charge on any atom is -0.382 e. The van der Waals surface area contributed by atoms with Gasteiger partial charge in [0.05, 0.1) is 12.2 Å². The van der Waals surface area contributed by atoms with Gasteiger partial charge in [0.25, 0.3) is 0 Å². The van der Waals surface area contributed by atoms with Crippen LogP contribution in [-0.4, -0.2) is 37.3 Å². The molecular formula is C29H39N3O3S. The number of carbonyl (C=O) groups excluding carboxylic acids is 1. The van der Waals surface area contributed by atoms with E-state index in [-0.39, 0.29) is 21.9 Å². The van der Waals surface area contributed by atoms with E-state index in [4.69, 9.17) is 27.4 Å². The Morgan fingerprint density at radius 3 is 2.64 bits per heavy atom. The van der Waals surface area contributed by atoms with E-state index in [0.29, 0.717) is 37.3 Å². The smallest absolute Gasteiger partial charge is 0.178 e. The van der Waals surface area contributed by atoms with Crippen molar-refractivity contribution in [1.82, 2.24) is 10.9 Å². The van der Waals surface area contributed by atoms with Gasteiger partial charge in [-0.2, -0.15) is 0 Å². The standard InChI is InChI=1S/C29H39N3O3S/c1-28-15-24(19-6-4-18(5-7-19)16-31-32-27(30)36)26-22-11-9-21(33)14-20(22)8-10-23(26)25(28)12-13-29(28,35-3)17-34-2/h4-7,14,23-25,31H,8-13,15-17H2,1-3H3,(H3,30,32,36)/t23-,24+,25-,28-,29+/m0/s1. The van der Waals surface area contributed by atoms with E-state index in [0.717, 1.165) is 37.7 Å². The fraction of sp³-hybridized carbons (Fsp3) is 0.586. The largest absolute Gasteiger partial charge is 0.382 e. The predicted octanol–water partition coefficient (Wildman–Crippen LogP) is 4.46. The Labute approximate surface area is 220 Å². The summed E-state index contributed by atoms with van der Waals surface area (Å²) < 4.78 is 12.1. The second-order valence-corrected chi connectivity index (χ2v) is 11.7. The molecular weight excluding hydrogens is 470 g/mol. The van der Waals surface area contributed by atoms with E-state index < -0.39 is 0 Å². The van der Waals surface area contributed by atoms with E-state index in [2.05, 4.69) is 42.0 Å². The van der Waals surface area contributed by atoms with Crippen LogP contribution in [0.2, 0.25) is 0 Å². The predicted molar refractivity (Wildman–Crippen MR) is 145 cm³/mol. The van der Waals surface area contributed by atoms with E-state index in [9.17, 15) is 4.79 Å². The Balaban J connectivity index is 1.55. The van der Waals surface area contributed by atoms with Crippen molar-refractivity contribution in [3.63, 3.8) is 0 Å². The lowest BCUT2D eigenvalue weighted by Crippen LogP contribution is -2.54. The fourth-order valence-electron chi connectivity index (χ4n) is 8.00. The van der Waals surface area contributed by atoms with Gasteiger partial charge in [0.15, 0.2) is 10.9 Å². The third kappa shape index (κ3) is 4.24. The Kier molecular flexibility index (Phi) is 7.11. The summed E-state index contributed by atoms with van der Waals surface area (Å²) in [5.41, 5.74) is 18.0. The summed E-state index contributed by atoms with van der Waals surface area (Å²) in [6.07, 6.45) is 8.83. The van der Waals surface area contributed by atoms with Crippen molar-refractivity contribution < 1.29 is 14.3 Å². The molecule has 4 aliphatic rings. The summed E-state index contributed by atoms with van der Waals surface area (Å²) in [5, 5.41) is 0.234. The molecule has 0 saturated heterocycles. The summed E-state index contributed by atoms with van der Waals surface area (Å²) in [5.74, 6) is 1.69. The summed E-state index contributed by atoms with van der Waals surface area (Å²) in [6.45, 7) is 3.72. The molecule has 2 fully saturated rings. The van der Waals surface area contributed by atoms with Gasteiger partial charge in [-0.15, -0.1) is 0 Å². The lowest BCUT2D eigenvalue weighted by Gasteiger charge is -2.55. The molecule has 6 nitrogen and oxygen atoms in total. The van der Waals surface area contributed by atoms with Gasteiger partial charge in [-0.25, -0.2) is 5.43 Å². The lowest BCUT2D eigenvalue weighted by molar-refractivity contribution is -0.149. The highest BCUT2D eigenvalue weighted by Crippen LogP contribution is 2.67. The van der Waals surface area contributed by atoms with Gasteiger partial charge < -0.3 is 15.2 Å². The van der Waals surface area contributed by atoms with Crippen molar-refractivity contribution in [1.29, 1.82) is 0 Å². The zero-order chi connectivity index (χ0) is 25.5. The zero-order valence-corrected chi connectivity index (χ0v) is 22.5. The Hall–Kier alpha value is -2.06. The van der Waals surface area contributed by atoms with Crippen molar-refractivity contribution in [2.45, 2.75) is 69.9 Å². The molecule has 36 heavy (non-hydrogen) atoms. The molecule has 0 unspecified atom stereocenters. The molecule has 0 aromatic heterocycles. The molecule has 194 valence electrons. The van der Waals surface area contributed by atoms with Gasteiger partial charge in [0, 0.05) is 38.5 Å². The number of thiocarbonyl (C=S) groups is 1. The van der Waals surface area contributed by atoms with Crippen LogP contribution in [0.15, 0.2) is 47.1 Å². The van der Waals surface area contributed by atoms with Crippen LogP contribution in [-0.2, 0) is 20.8 Å². The summed E-state index contributed by atoms with van der Waals surface area (Å²) in [6, 6.07) is 8.94. The molecule has 7 heteroatoms. The van der Waals surface area contributed by atoms with E-state index in [1.54, 1.807) is 12.7 Å². The Morgan fingerprint density at radius 2 is 1.94 bits per heavy atom. The maximum atomic E-state index is 12.3. The first-order valence-electron chi connectivity index (χ1n) is 13.2. The lowest BCUT2D eigenvalue weighted by atomic mass is 9.51. The number of nitrogens with two attached hydrogens (primary N) is 1. The maximum absolute atomic E-state index is 12.3. The van der Waals surface area contributed by atoms with Gasteiger partial charge in [-0.1, -0.05) is 36.8 Å². The van der Waals surface area contributed by atoms with Crippen molar-refractivity contribution in [3.8, 4) is 0 Å². The van der Waals surface area contributed by atoms with Crippen LogP contribution in [0, 0.1) is 17.3 Å². The third-order valence-electron chi connectivity index (χ3n) is 9.68. The highest BCUT2D eigenvalue weighted by atomic mass is 32.1. The molecule has 4 N–H and O–H groups in total. The number of hydrazine groups is 1. The third-order valence-corrected chi connectivity index (χ3v) is 9.78. The molecule has 0 amide bonds. The SMILES string of the molecule is COC[C@]1(OC)CC[C@H]2[C@@H]3CCC4=CC(=O)CCC4=C3[C@@H](c3ccc(CNNC(N)=S)cc3)C[C@@]21C. The molecule has 0 radical (unpaired) electrons. The normalized spacial score (nSPS) is 33.5. The van der Waals surface area contributed by atoms with Gasteiger partial charge in [-0.05, 0) is 90.9 Å². The van der Waals surface area contributed by atoms with Gasteiger partial charge in [0.1, 0.15) is 0 Å². The number of hydrogen-bond acceptors (Lipinski definition) is 5. The zero-order valence-electron chi connectivity index (χ0n) is 21.7. The summed E-state index contributed by atoms with van der Waals surface area (Å²) in [7, 11) is 3.66. The van der Waals surface area contributed by atoms with Crippen LogP contribution in [0.4, 0.5) is 0 Å². The molecule has 0 spiro atoms. The van der Waals surface area contributed by atoms with Crippen molar-refractivity contribution in [3.05, 3.63) is 58.2 Å². The number of ether oxygens (including phenoxy) is 2. The number of fused-ring (bicyclic) bond motifs is 4. The minimum atomic E-state index is -0.268. The van der Waals surface area contributed by atoms with Gasteiger partial charge in [-0.3, -0.25) is 10.2 Å². The van der Waals surface area contributed by atoms with E-state index in [1.807, 2.05) is 13.2 Å². The monoisotopic (exact) mass is 509 g/mol. The molecule has 2 saturated carbocycles. The second-order valence-electron chi connectivity index (χ2n) is 11.3. The quantitative estimate of drug-likeness (QED) is 0.370. The first-order chi connectivity index (χ1) is 17.3. The second kappa shape index (κ2) is 10.0. The van der Waals surface area contributed by atoms with Crippen LogP contribution in [0.1, 0.15) is 68.9 Å². The van der Waals surface area contributed by atoms with Crippen molar-refractivity contribution in [2.75, 3.05) is 20.8 Å². The summed E-state index contributed by atoms with van der Waals surface area (Å²) >= 11 is 4.87. The number of allylic oxidation sites excluding steroid dienone is 4. The number of hydrogen-bond donors (Lipinski definition) is 3. The Morgan fingerprint density at radius 1 is 1.17 bits per heavy atom. The topological polar surface area (TPSA) is 85.6 Å².